The molecule has 196 valence electrons. The predicted octanol–water partition coefficient (Wildman–Crippen LogP) is 4.14. The van der Waals surface area contributed by atoms with E-state index >= 15 is 0 Å². The van der Waals surface area contributed by atoms with Crippen molar-refractivity contribution in [1.29, 1.82) is 0 Å². The number of carbonyl (C=O) groups is 2. The van der Waals surface area contributed by atoms with Gasteiger partial charge in [0.1, 0.15) is 0 Å². The van der Waals surface area contributed by atoms with E-state index in [1.54, 1.807) is 0 Å². The van der Waals surface area contributed by atoms with E-state index in [1.807, 2.05) is 0 Å². The van der Waals surface area contributed by atoms with Crippen LogP contribution >= 0.6 is 0 Å². The molecule has 0 aromatic rings. The fourth-order valence-electron chi connectivity index (χ4n) is 3.94. The second-order valence-corrected chi connectivity index (χ2v) is 9.00. The summed E-state index contributed by atoms with van der Waals surface area (Å²) in [5, 5.41) is 27.1. The van der Waals surface area contributed by atoms with E-state index < -0.39 is 11.9 Å². The molecule has 0 aliphatic heterocycles. The number of aliphatic hydroxyl groups excluding tert-OH is 1. The Labute approximate surface area is 230 Å². The van der Waals surface area contributed by atoms with Crippen LogP contribution in [-0.4, -0.2) is 112 Å². The molecule has 0 aromatic carbocycles. The minimum absolute atomic E-state index is 0. The Morgan fingerprint density at radius 1 is 0.618 bits per heavy atom. The van der Waals surface area contributed by atoms with Crippen LogP contribution in [0.2, 0.25) is 0 Å². The molecule has 3 N–H and O–H groups in total. The molecule has 7 nitrogen and oxygen atoms in total. The third-order valence-corrected chi connectivity index (χ3v) is 5.85. The van der Waals surface area contributed by atoms with Gasteiger partial charge in [0.15, 0.2) is 0 Å². The zero-order chi connectivity index (χ0) is 24.6. The molecular weight excluding hydrogens is 443 g/mol. The molecule has 0 atom stereocenters. The minimum atomic E-state index is -1.03. The topological polar surface area (TPSA) is 101 Å². The summed E-state index contributed by atoms with van der Waals surface area (Å²) in [6, 6.07) is 0. The van der Waals surface area contributed by atoms with Crippen molar-refractivity contribution in [3.63, 3.8) is 0 Å². The number of allylic oxidation sites excluding steroid dienone is 2. The molecule has 34 heavy (non-hydrogen) atoms. The van der Waals surface area contributed by atoms with Crippen LogP contribution in [0.15, 0.2) is 12.2 Å². The average Bonchev–Trinajstić information content (AvgIpc) is 2.76. The zero-order valence-electron chi connectivity index (χ0n) is 21.1. The van der Waals surface area contributed by atoms with Crippen LogP contribution in [0.25, 0.3) is 0 Å². The van der Waals surface area contributed by atoms with E-state index in [2.05, 4.69) is 24.0 Å². The monoisotopic (exact) mass is 494 g/mol. The van der Waals surface area contributed by atoms with Crippen molar-refractivity contribution in [2.24, 2.45) is 0 Å². The summed E-state index contributed by atoms with van der Waals surface area (Å²) in [6.07, 6.45) is 22.4. The number of nitrogens with zero attached hydrogens (tertiary/aromatic N) is 2. The third-order valence-electron chi connectivity index (χ3n) is 5.85. The maximum atomic E-state index is 10.9. The van der Waals surface area contributed by atoms with E-state index in [-0.39, 0.29) is 49.3 Å². The van der Waals surface area contributed by atoms with Gasteiger partial charge in [0.05, 0.1) is 19.7 Å². The van der Waals surface area contributed by atoms with Gasteiger partial charge in [0.2, 0.25) is 0 Å². The van der Waals surface area contributed by atoms with Gasteiger partial charge >= 0.3 is 41.5 Å². The quantitative estimate of drug-likeness (QED) is 0.0996. The summed E-state index contributed by atoms with van der Waals surface area (Å²) < 4.78 is 0. The number of carboxylic acid groups (broad SMARTS) is 2. The normalized spacial score (nSPS) is 11.4. The first-order valence-electron chi connectivity index (χ1n) is 13.1. The van der Waals surface area contributed by atoms with E-state index in [1.165, 1.54) is 81.9 Å². The molecule has 0 unspecified atom stereocenters. The SMILES string of the molecule is CCCCCCCC/C=C\CCCCCCCCN(CCO)CCN(CC(=O)O)CC(=O)O.[NaH]. The van der Waals surface area contributed by atoms with Crippen molar-refractivity contribution in [2.45, 2.75) is 96.8 Å². The van der Waals surface area contributed by atoms with E-state index in [4.69, 9.17) is 10.2 Å². The molecule has 0 rings (SSSR count). The van der Waals surface area contributed by atoms with Gasteiger partial charge in [-0.1, -0.05) is 76.9 Å². The van der Waals surface area contributed by atoms with Gasteiger partial charge in [-0.3, -0.25) is 19.4 Å². The zero-order valence-corrected chi connectivity index (χ0v) is 21.1. The summed E-state index contributed by atoms with van der Waals surface area (Å²) in [7, 11) is 0. The van der Waals surface area contributed by atoms with Gasteiger partial charge in [-0.2, -0.15) is 0 Å². The van der Waals surface area contributed by atoms with Crippen molar-refractivity contribution in [1.82, 2.24) is 9.80 Å². The second kappa shape index (κ2) is 27.2. The molecule has 0 aliphatic carbocycles. The fraction of sp³-hybridized carbons (Fsp3) is 0.846. The van der Waals surface area contributed by atoms with Crippen molar-refractivity contribution >= 4 is 41.5 Å². The Kier molecular flexibility index (Phi) is 28.5. The Morgan fingerprint density at radius 2 is 1.06 bits per heavy atom. The standard InChI is InChI=1S/C26H50N2O5.Na.H/c1-2-3-4-5-6-7-8-9-10-11-12-13-14-15-16-17-18-27(21-22-29)19-20-28(23-25(30)31)24-26(32)33;;/h9-10,29H,2-8,11-24H2,1H3,(H,30,31)(H,32,33);;/b10-9-;;. The van der Waals surface area contributed by atoms with Crippen molar-refractivity contribution in [2.75, 3.05) is 45.9 Å². The Balaban J connectivity index is 0. The first kappa shape index (κ1) is 35.7. The fourth-order valence-corrected chi connectivity index (χ4v) is 3.94. The maximum absolute atomic E-state index is 10.9. The second-order valence-electron chi connectivity index (χ2n) is 9.00. The van der Waals surface area contributed by atoms with Gasteiger partial charge in [0.25, 0.3) is 0 Å². The van der Waals surface area contributed by atoms with Gasteiger partial charge in [-0.15, -0.1) is 0 Å². The van der Waals surface area contributed by atoms with E-state index in [0.29, 0.717) is 19.6 Å². The molecule has 0 bridgehead atoms. The van der Waals surface area contributed by atoms with Crippen LogP contribution in [0.3, 0.4) is 0 Å². The number of aliphatic carboxylic acids is 2. The molecule has 0 saturated carbocycles. The molecule has 0 radical (unpaired) electrons. The van der Waals surface area contributed by atoms with E-state index in [0.717, 1.165) is 19.4 Å². The van der Waals surface area contributed by atoms with E-state index in [9.17, 15) is 14.7 Å². The Bertz CT molecular complexity index is 490. The van der Waals surface area contributed by atoms with Gasteiger partial charge in [-0.05, 0) is 38.6 Å². The summed E-state index contributed by atoms with van der Waals surface area (Å²) >= 11 is 0. The molecule has 0 saturated heterocycles. The third kappa shape index (κ3) is 26.2. The number of rotatable bonds is 25. The van der Waals surface area contributed by atoms with Crippen molar-refractivity contribution in [3.05, 3.63) is 12.2 Å². The summed E-state index contributed by atoms with van der Waals surface area (Å²) in [5.74, 6) is -2.06. The van der Waals surface area contributed by atoms with Crippen LogP contribution in [0.1, 0.15) is 96.8 Å². The van der Waals surface area contributed by atoms with Gasteiger partial charge in [-0.25, -0.2) is 0 Å². The first-order chi connectivity index (χ1) is 16.0. The van der Waals surface area contributed by atoms with Crippen LogP contribution in [0.5, 0.6) is 0 Å². The summed E-state index contributed by atoms with van der Waals surface area (Å²) in [4.78, 5) is 25.3. The Hall–Kier alpha value is -0.440. The molecule has 0 fully saturated rings. The number of hydrogen-bond acceptors (Lipinski definition) is 5. The molecule has 0 spiro atoms. The van der Waals surface area contributed by atoms with Gasteiger partial charge < -0.3 is 15.3 Å². The summed E-state index contributed by atoms with van der Waals surface area (Å²) in [6.45, 7) is 4.03. The van der Waals surface area contributed by atoms with Crippen LogP contribution < -0.4 is 0 Å². The predicted molar refractivity (Wildman–Crippen MR) is 142 cm³/mol. The molecule has 8 heteroatoms. The van der Waals surface area contributed by atoms with Crippen LogP contribution in [0, 0.1) is 0 Å². The summed E-state index contributed by atoms with van der Waals surface area (Å²) in [5.41, 5.74) is 0. The van der Waals surface area contributed by atoms with Crippen LogP contribution in [-0.2, 0) is 9.59 Å². The van der Waals surface area contributed by atoms with Crippen molar-refractivity contribution in [3.8, 4) is 0 Å². The number of hydrogen-bond donors (Lipinski definition) is 3. The molecular formula is C26H51N2NaO5. The molecule has 0 heterocycles. The molecule has 0 aromatic heterocycles. The molecule has 0 aliphatic rings. The Morgan fingerprint density at radius 3 is 1.53 bits per heavy atom. The number of aliphatic hydroxyl groups is 1. The van der Waals surface area contributed by atoms with Crippen molar-refractivity contribution < 1.29 is 24.9 Å². The molecule has 0 amide bonds. The first-order valence-corrected chi connectivity index (χ1v) is 13.1. The average molecular weight is 495 g/mol. The van der Waals surface area contributed by atoms with Crippen LogP contribution in [0.4, 0.5) is 0 Å². The van der Waals surface area contributed by atoms with Gasteiger partial charge in [0, 0.05) is 19.6 Å². The number of carboxylic acids is 2. The number of unbranched alkanes of at least 4 members (excludes halogenated alkanes) is 12.